The zero-order chi connectivity index (χ0) is 13.2. The molecule has 0 aliphatic heterocycles. The summed E-state index contributed by atoms with van der Waals surface area (Å²) >= 11 is 1.63. The molecule has 0 atom stereocenters. The van der Waals surface area contributed by atoms with Crippen molar-refractivity contribution in [2.24, 2.45) is 0 Å². The fraction of sp³-hybridized carbons (Fsp3) is 0.286. The van der Waals surface area contributed by atoms with Gasteiger partial charge in [0.2, 0.25) is 5.56 Å². The molecule has 2 aromatic heterocycles. The molecule has 1 N–H and O–H groups in total. The van der Waals surface area contributed by atoms with Crippen molar-refractivity contribution in [3.05, 3.63) is 56.6 Å². The third kappa shape index (κ3) is 2.76. The predicted octanol–water partition coefficient (Wildman–Crippen LogP) is 2.24. The summed E-state index contributed by atoms with van der Waals surface area (Å²) in [5, 5.41) is 4.06. The number of nitrogens with one attached hydrogen (secondary N) is 1. The van der Waals surface area contributed by atoms with E-state index in [2.05, 4.69) is 10.4 Å². The fourth-order valence-corrected chi connectivity index (χ4v) is 2.72. The first-order valence-electron chi connectivity index (χ1n) is 6.25. The van der Waals surface area contributed by atoms with Crippen molar-refractivity contribution in [1.29, 1.82) is 0 Å². The molecule has 1 aliphatic rings. The molecule has 3 rings (SSSR count). The van der Waals surface area contributed by atoms with Crippen LogP contribution in [0.5, 0.6) is 0 Å². The highest BCUT2D eigenvalue weighted by molar-refractivity contribution is 7.07. The largest absolute Gasteiger partial charge is 0.330 e. The number of carbonyl (C=O) groups is 1. The van der Waals surface area contributed by atoms with Crippen molar-refractivity contribution in [3.8, 4) is 0 Å². The normalized spacial score (nSPS) is 14.3. The standard InChI is InChI=1S/C14H14N2O2S/c17-13-3-1-2-12(15-13)14(18)16(11-4-5-11)8-10-6-7-19-9-10/h1-3,6-7,9,11H,4-5,8H2,(H,15,17). The maximum absolute atomic E-state index is 12.5. The van der Waals surface area contributed by atoms with Gasteiger partial charge in [-0.1, -0.05) is 6.07 Å². The number of hydrogen-bond donors (Lipinski definition) is 1. The zero-order valence-corrected chi connectivity index (χ0v) is 11.2. The van der Waals surface area contributed by atoms with E-state index in [9.17, 15) is 9.59 Å². The second-order valence-electron chi connectivity index (χ2n) is 4.72. The van der Waals surface area contributed by atoms with Crippen molar-refractivity contribution in [1.82, 2.24) is 9.88 Å². The van der Waals surface area contributed by atoms with Gasteiger partial charge in [-0.15, -0.1) is 0 Å². The van der Waals surface area contributed by atoms with Gasteiger partial charge >= 0.3 is 0 Å². The van der Waals surface area contributed by atoms with Gasteiger partial charge in [0.15, 0.2) is 0 Å². The highest BCUT2D eigenvalue weighted by Gasteiger charge is 2.33. The maximum Gasteiger partial charge on any atom is 0.270 e. The van der Waals surface area contributed by atoms with Gasteiger partial charge in [0.05, 0.1) is 0 Å². The van der Waals surface area contributed by atoms with Crippen molar-refractivity contribution >= 4 is 17.2 Å². The van der Waals surface area contributed by atoms with E-state index in [4.69, 9.17) is 0 Å². The van der Waals surface area contributed by atoms with Gasteiger partial charge in [-0.05, 0) is 41.3 Å². The lowest BCUT2D eigenvalue weighted by molar-refractivity contribution is 0.0724. The molecule has 1 fully saturated rings. The van der Waals surface area contributed by atoms with Crippen molar-refractivity contribution in [2.45, 2.75) is 25.4 Å². The topological polar surface area (TPSA) is 53.2 Å². The number of aromatic nitrogens is 1. The van der Waals surface area contributed by atoms with Crippen LogP contribution in [0.25, 0.3) is 0 Å². The molecule has 0 bridgehead atoms. The van der Waals surface area contributed by atoms with Crippen molar-refractivity contribution < 1.29 is 4.79 Å². The van der Waals surface area contributed by atoms with E-state index >= 15 is 0 Å². The first-order valence-corrected chi connectivity index (χ1v) is 7.20. The van der Waals surface area contributed by atoms with Gasteiger partial charge in [-0.25, -0.2) is 0 Å². The van der Waals surface area contributed by atoms with Crippen LogP contribution in [-0.2, 0) is 6.54 Å². The van der Waals surface area contributed by atoms with E-state index in [1.807, 2.05) is 16.3 Å². The van der Waals surface area contributed by atoms with Crippen molar-refractivity contribution in [2.75, 3.05) is 0 Å². The molecule has 0 aromatic carbocycles. The molecule has 4 nitrogen and oxygen atoms in total. The van der Waals surface area contributed by atoms with Crippen LogP contribution >= 0.6 is 11.3 Å². The van der Waals surface area contributed by atoms with Crippen LogP contribution < -0.4 is 5.56 Å². The third-order valence-corrected chi connectivity index (χ3v) is 3.91. The Kier molecular flexibility index (Phi) is 3.21. The van der Waals surface area contributed by atoms with E-state index in [1.54, 1.807) is 23.5 Å². The first kappa shape index (κ1) is 12.2. The second kappa shape index (κ2) is 5.01. The van der Waals surface area contributed by atoms with Crippen LogP contribution in [0.3, 0.4) is 0 Å². The quantitative estimate of drug-likeness (QED) is 0.929. The lowest BCUT2D eigenvalue weighted by atomic mass is 10.2. The molecule has 0 radical (unpaired) electrons. The number of carbonyl (C=O) groups excluding carboxylic acids is 1. The molecule has 2 heterocycles. The van der Waals surface area contributed by atoms with Crippen LogP contribution in [0.1, 0.15) is 28.9 Å². The van der Waals surface area contributed by atoms with Crippen LogP contribution in [0.2, 0.25) is 0 Å². The summed E-state index contributed by atoms with van der Waals surface area (Å²) < 4.78 is 0. The van der Waals surface area contributed by atoms with Crippen LogP contribution in [0.4, 0.5) is 0 Å². The summed E-state index contributed by atoms with van der Waals surface area (Å²) in [6.07, 6.45) is 2.10. The Morgan fingerprint density at radius 2 is 2.21 bits per heavy atom. The Balaban J connectivity index is 1.84. The molecule has 0 saturated heterocycles. The van der Waals surface area contributed by atoms with Crippen LogP contribution in [0.15, 0.2) is 39.8 Å². The van der Waals surface area contributed by atoms with Gasteiger partial charge in [0.25, 0.3) is 5.91 Å². The van der Waals surface area contributed by atoms with Gasteiger partial charge in [0.1, 0.15) is 5.69 Å². The average Bonchev–Trinajstić information content (AvgIpc) is 3.12. The number of thiophene rings is 1. The third-order valence-electron chi connectivity index (χ3n) is 3.18. The fourth-order valence-electron chi connectivity index (χ4n) is 2.06. The highest BCUT2D eigenvalue weighted by atomic mass is 32.1. The van der Waals surface area contributed by atoms with Crippen LogP contribution in [0, 0.1) is 0 Å². The molecule has 1 saturated carbocycles. The van der Waals surface area contributed by atoms with Crippen LogP contribution in [-0.4, -0.2) is 21.8 Å². The van der Waals surface area contributed by atoms with Crippen molar-refractivity contribution in [3.63, 3.8) is 0 Å². The summed E-state index contributed by atoms with van der Waals surface area (Å²) in [6.45, 7) is 0.615. The Hall–Kier alpha value is -1.88. The average molecular weight is 274 g/mol. The number of rotatable bonds is 4. The molecular formula is C14H14N2O2S. The Morgan fingerprint density at radius 3 is 2.84 bits per heavy atom. The monoisotopic (exact) mass is 274 g/mol. The number of H-pyrrole nitrogens is 1. The van der Waals surface area contributed by atoms with E-state index in [1.165, 1.54) is 6.07 Å². The molecule has 19 heavy (non-hydrogen) atoms. The minimum atomic E-state index is -0.239. The molecule has 0 unspecified atom stereocenters. The lowest BCUT2D eigenvalue weighted by Gasteiger charge is -2.21. The number of nitrogens with zero attached hydrogens (tertiary/aromatic N) is 1. The molecule has 5 heteroatoms. The molecule has 2 aromatic rings. The maximum atomic E-state index is 12.5. The van der Waals surface area contributed by atoms with Gasteiger partial charge < -0.3 is 9.88 Å². The van der Waals surface area contributed by atoms with E-state index < -0.39 is 0 Å². The smallest absolute Gasteiger partial charge is 0.270 e. The van der Waals surface area contributed by atoms with E-state index in [0.29, 0.717) is 18.3 Å². The SMILES string of the molecule is O=C(c1cccc(=O)[nH]1)N(Cc1ccsc1)C1CC1. The predicted molar refractivity (Wildman–Crippen MR) is 74.3 cm³/mol. The Labute approximate surface area is 114 Å². The highest BCUT2D eigenvalue weighted by Crippen LogP contribution is 2.29. The molecule has 1 amide bonds. The first-order chi connectivity index (χ1) is 9.24. The van der Waals surface area contributed by atoms with Gasteiger partial charge in [0, 0.05) is 18.7 Å². The summed E-state index contributed by atoms with van der Waals surface area (Å²) in [7, 11) is 0. The number of pyridine rings is 1. The van der Waals surface area contributed by atoms with Gasteiger partial charge in [-0.3, -0.25) is 9.59 Å². The molecule has 1 aliphatic carbocycles. The number of hydrogen-bond acceptors (Lipinski definition) is 3. The summed E-state index contributed by atoms with van der Waals surface area (Å²) in [6, 6.07) is 7.03. The number of aromatic amines is 1. The molecule has 0 spiro atoms. The molecular weight excluding hydrogens is 260 g/mol. The second-order valence-corrected chi connectivity index (χ2v) is 5.50. The zero-order valence-electron chi connectivity index (χ0n) is 10.3. The summed E-state index contributed by atoms with van der Waals surface area (Å²) in [5.74, 6) is -0.0913. The summed E-state index contributed by atoms with van der Waals surface area (Å²) in [5.41, 5.74) is 1.27. The summed E-state index contributed by atoms with van der Waals surface area (Å²) in [4.78, 5) is 28.2. The van der Waals surface area contributed by atoms with E-state index in [0.717, 1.165) is 18.4 Å². The van der Waals surface area contributed by atoms with E-state index in [-0.39, 0.29) is 11.5 Å². The Bertz CT molecular complexity index is 629. The lowest BCUT2D eigenvalue weighted by Crippen LogP contribution is -2.33. The number of amides is 1. The molecule has 98 valence electrons. The minimum absolute atomic E-state index is 0.0913. The Morgan fingerprint density at radius 1 is 1.37 bits per heavy atom. The minimum Gasteiger partial charge on any atom is -0.330 e. The van der Waals surface area contributed by atoms with Gasteiger partial charge in [-0.2, -0.15) is 11.3 Å².